The van der Waals surface area contributed by atoms with Gasteiger partial charge in [-0.2, -0.15) is 0 Å². The zero-order valence-electron chi connectivity index (χ0n) is 12.4. The third-order valence-electron chi connectivity index (χ3n) is 4.23. The molecule has 4 rings (SSSR count). The van der Waals surface area contributed by atoms with Crippen LogP contribution in [-0.2, 0) is 19.1 Å². The summed E-state index contributed by atoms with van der Waals surface area (Å²) in [5.74, 6) is -1.37. The number of hydrogen-bond donors (Lipinski definition) is 1. The molecule has 9 heteroatoms. The van der Waals surface area contributed by atoms with E-state index < -0.39 is 16.8 Å². The number of dihydropyridines is 1. The largest absolute Gasteiger partial charge is 0.462 e. The molecule has 1 atom stereocenters. The molecule has 8 nitrogen and oxygen atoms in total. The molecule has 0 saturated carbocycles. The summed E-state index contributed by atoms with van der Waals surface area (Å²) in [6.45, 7) is 0.440. The molecule has 0 bridgehead atoms. The first-order chi connectivity index (χ1) is 11.6. The van der Waals surface area contributed by atoms with Crippen LogP contribution in [0, 0.1) is 10.1 Å². The predicted octanol–water partition coefficient (Wildman–Crippen LogP) is 1.40. The van der Waals surface area contributed by atoms with E-state index in [1.54, 1.807) is 5.38 Å². The number of ether oxygens (including phenoxy) is 2. The lowest BCUT2D eigenvalue weighted by Gasteiger charge is -2.36. The normalized spacial score (nSPS) is 23.4. The van der Waals surface area contributed by atoms with Crippen molar-refractivity contribution in [2.45, 2.75) is 12.3 Å². The maximum Gasteiger partial charge on any atom is 0.336 e. The van der Waals surface area contributed by atoms with Crippen LogP contribution < -0.4 is 5.32 Å². The molecule has 0 aliphatic carbocycles. The minimum Gasteiger partial charge on any atom is -0.462 e. The first-order valence-electron chi connectivity index (χ1n) is 7.30. The Labute approximate surface area is 139 Å². The maximum atomic E-state index is 12.4. The summed E-state index contributed by atoms with van der Waals surface area (Å²) in [5.41, 5.74) is 2.68. The third-order valence-corrected chi connectivity index (χ3v) is 5.13. The van der Waals surface area contributed by atoms with Gasteiger partial charge in [0.05, 0.1) is 23.7 Å². The van der Waals surface area contributed by atoms with Gasteiger partial charge in [0, 0.05) is 40.8 Å². The molecule has 0 fully saturated rings. The maximum absolute atomic E-state index is 12.4. The molecule has 0 aromatic carbocycles. The number of carbonyl (C=O) groups excluding carboxylic acids is 2. The molecule has 0 saturated heterocycles. The van der Waals surface area contributed by atoms with Crippen LogP contribution in [0.4, 0.5) is 5.00 Å². The molecule has 0 amide bonds. The van der Waals surface area contributed by atoms with Crippen LogP contribution in [0.3, 0.4) is 0 Å². The molecular formula is C15H12N2O6S. The van der Waals surface area contributed by atoms with Crippen molar-refractivity contribution in [2.75, 3.05) is 19.8 Å². The number of hydrogen-bond acceptors (Lipinski definition) is 8. The Morgan fingerprint density at radius 2 is 2.08 bits per heavy atom. The number of Topliss-reactive ketones (excluding diaryl/α,β-unsaturated/α-hetero) is 1. The Bertz CT molecular complexity index is 795. The molecule has 124 valence electrons. The molecule has 0 radical (unpaired) electrons. The van der Waals surface area contributed by atoms with Gasteiger partial charge in [-0.25, -0.2) is 4.79 Å². The zero-order valence-corrected chi connectivity index (χ0v) is 13.2. The van der Waals surface area contributed by atoms with Gasteiger partial charge in [0.15, 0.2) is 5.78 Å². The minimum absolute atomic E-state index is 0.0310. The fourth-order valence-corrected chi connectivity index (χ4v) is 4.01. The number of cyclic esters (lactones) is 1. The second-order valence-electron chi connectivity index (χ2n) is 5.62. The highest BCUT2D eigenvalue weighted by molar-refractivity contribution is 7.13. The SMILES string of the molecule is O=C1COCC2=C1C(c1csc([N+](=O)[O-])c1)C1=C(CCOC1=O)N2. The van der Waals surface area contributed by atoms with Gasteiger partial charge in [-0.3, -0.25) is 14.9 Å². The predicted molar refractivity (Wildman–Crippen MR) is 82.3 cm³/mol. The van der Waals surface area contributed by atoms with Crippen molar-refractivity contribution >= 4 is 28.1 Å². The van der Waals surface area contributed by atoms with E-state index in [0.717, 1.165) is 11.3 Å². The number of ketones is 1. The number of thiophene rings is 1. The molecule has 1 aromatic rings. The van der Waals surface area contributed by atoms with E-state index in [2.05, 4.69) is 5.32 Å². The molecule has 1 aromatic heterocycles. The second kappa shape index (κ2) is 5.53. The van der Waals surface area contributed by atoms with E-state index in [4.69, 9.17) is 9.47 Å². The highest BCUT2D eigenvalue weighted by Crippen LogP contribution is 2.44. The number of nitro groups is 1. The van der Waals surface area contributed by atoms with Crippen molar-refractivity contribution in [3.05, 3.63) is 49.7 Å². The van der Waals surface area contributed by atoms with E-state index >= 15 is 0 Å². The minimum atomic E-state index is -0.648. The summed E-state index contributed by atoms with van der Waals surface area (Å²) in [5, 5.41) is 15.7. The Balaban J connectivity index is 1.88. The molecule has 3 aliphatic heterocycles. The van der Waals surface area contributed by atoms with Gasteiger partial charge in [0.1, 0.15) is 6.61 Å². The quantitative estimate of drug-likeness (QED) is 0.489. The van der Waals surface area contributed by atoms with E-state index in [1.165, 1.54) is 6.07 Å². The Hall–Kier alpha value is -2.52. The summed E-state index contributed by atoms with van der Waals surface area (Å²) in [7, 11) is 0. The molecule has 4 heterocycles. The third kappa shape index (κ3) is 2.24. The lowest BCUT2D eigenvalue weighted by molar-refractivity contribution is -0.380. The van der Waals surface area contributed by atoms with Gasteiger partial charge in [0.2, 0.25) is 0 Å². The highest BCUT2D eigenvalue weighted by atomic mass is 32.1. The molecular weight excluding hydrogens is 336 g/mol. The number of nitrogens with zero attached hydrogens (tertiary/aromatic N) is 1. The Kier molecular flexibility index (Phi) is 3.47. The average Bonchev–Trinajstić information content (AvgIpc) is 3.03. The van der Waals surface area contributed by atoms with Crippen LogP contribution in [0.1, 0.15) is 17.9 Å². The monoisotopic (exact) mass is 348 g/mol. The van der Waals surface area contributed by atoms with Crippen LogP contribution in [-0.4, -0.2) is 36.5 Å². The first-order valence-corrected chi connectivity index (χ1v) is 8.18. The number of rotatable bonds is 2. The summed E-state index contributed by atoms with van der Waals surface area (Å²) < 4.78 is 10.4. The van der Waals surface area contributed by atoms with E-state index in [9.17, 15) is 19.7 Å². The standard InChI is InChI=1S/C15H12N2O6S/c18-10-5-22-4-9-13(10)12(7-3-11(17(20)21)24-6-7)14-8(16-9)1-2-23-15(14)19/h3,6,12,16H,1-2,4-5H2. The topological polar surface area (TPSA) is 108 Å². The van der Waals surface area contributed by atoms with Crippen LogP contribution >= 0.6 is 11.3 Å². The second-order valence-corrected chi connectivity index (χ2v) is 6.51. The van der Waals surface area contributed by atoms with Gasteiger partial charge in [-0.1, -0.05) is 11.3 Å². The Morgan fingerprint density at radius 3 is 2.83 bits per heavy atom. The fraction of sp³-hybridized carbons (Fsp3) is 0.333. The number of carbonyl (C=O) groups is 2. The van der Waals surface area contributed by atoms with Crippen molar-refractivity contribution in [3.8, 4) is 0 Å². The van der Waals surface area contributed by atoms with Gasteiger partial charge >= 0.3 is 11.0 Å². The lowest BCUT2D eigenvalue weighted by Crippen LogP contribution is -2.40. The van der Waals surface area contributed by atoms with E-state index in [0.29, 0.717) is 34.5 Å². The number of esters is 1. The highest BCUT2D eigenvalue weighted by Gasteiger charge is 2.42. The summed E-state index contributed by atoms with van der Waals surface area (Å²) in [6.07, 6.45) is 0.509. The van der Waals surface area contributed by atoms with E-state index in [-0.39, 0.29) is 30.6 Å². The van der Waals surface area contributed by atoms with Crippen molar-refractivity contribution in [1.29, 1.82) is 0 Å². The average molecular weight is 348 g/mol. The van der Waals surface area contributed by atoms with Crippen molar-refractivity contribution in [2.24, 2.45) is 0 Å². The smallest absolute Gasteiger partial charge is 0.336 e. The van der Waals surface area contributed by atoms with Gasteiger partial charge in [-0.05, 0) is 5.56 Å². The Morgan fingerprint density at radius 1 is 1.25 bits per heavy atom. The van der Waals surface area contributed by atoms with Gasteiger partial charge in [0.25, 0.3) is 0 Å². The summed E-state index contributed by atoms with van der Waals surface area (Å²) >= 11 is 0.973. The van der Waals surface area contributed by atoms with Gasteiger partial charge < -0.3 is 14.8 Å². The zero-order chi connectivity index (χ0) is 16.8. The van der Waals surface area contributed by atoms with Crippen LogP contribution in [0.15, 0.2) is 34.0 Å². The van der Waals surface area contributed by atoms with Crippen molar-refractivity contribution in [3.63, 3.8) is 0 Å². The lowest BCUT2D eigenvalue weighted by atomic mass is 9.78. The molecule has 1 unspecified atom stereocenters. The van der Waals surface area contributed by atoms with Crippen LogP contribution in [0.5, 0.6) is 0 Å². The summed E-state index contributed by atoms with van der Waals surface area (Å²) in [4.78, 5) is 35.2. The van der Waals surface area contributed by atoms with Crippen LogP contribution in [0.2, 0.25) is 0 Å². The molecule has 24 heavy (non-hydrogen) atoms. The molecule has 0 spiro atoms. The van der Waals surface area contributed by atoms with Gasteiger partial charge in [-0.15, -0.1) is 0 Å². The van der Waals surface area contributed by atoms with Crippen molar-refractivity contribution in [1.82, 2.24) is 5.32 Å². The first kappa shape index (κ1) is 15.0. The number of nitrogens with one attached hydrogen (secondary N) is 1. The van der Waals surface area contributed by atoms with E-state index in [1.807, 2.05) is 0 Å². The van der Waals surface area contributed by atoms with Crippen LogP contribution in [0.25, 0.3) is 0 Å². The molecule has 3 aliphatic rings. The summed E-state index contributed by atoms with van der Waals surface area (Å²) in [6, 6.07) is 1.42. The van der Waals surface area contributed by atoms with Crippen molar-refractivity contribution < 1.29 is 24.0 Å². The molecule has 1 N–H and O–H groups in total. The fourth-order valence-electron chi connectivity index (χ4n) is 3.26.